The number of rotatable bonds is 0. The smallest absolute Gasteiger partial charge is 0.672 e. The van der Waals surface area contributed by atoms with Crippen molar-refractivity contribution in [3.8, 4) is 0 Å². The molecule has 0 aromatic heterocycles. The van der Waals surface area contributed by atoms with Crippen LogP contribution >= 0.6 is 0 Å². The van der Waals surface area contributed by atoms with Gasteiger partial charge in [0.1, 0.15) is 0 Å². The molecule has 0 aromatic rings. The Balaban J connectivity index is -0.0000000720. The van der Waals surface area contributed by atoms with Crippen LogP contribution in [-0.2, 0) is 4.46 Å². The summed E-state index contributed by atoms with van der Waals surface area (Å²) in [5.74, 6) is 0. The van der Waals surface area contributed by atoms with E-state index in [1.54, 1.807) is 0 Å². The third kappa shape index (κ3) is 21400. The monoisotopic (exact) mass is 159 g/mol. The van der Waals surface area contributed by atoms with Crippen LogP contribution in [0.4, 0.5) is 4.79 Å². The van der Waals surface area contributed by atoms with E-state index in [1.807, 2.05) is 0 Å². The molecule has 6 nitrogen and oxygen atoms in total. The van der Waals surface area contributed by atoms with Crippen LogP contribution in [0.2, 0.25) is 0 Å². The van der Waals surface area contributed by atoms with Crippen molar-refractivity contribution < 1.29 is 58.6 Å². The predicted molar refractivity (Wildman–Crippen MR) is 11.8 cm³/mol. The Morgan fingerprint density at radius 2 is 1.22 bits per heavy atom. The van der Waals surface area contributed by atoms with Crippen LogP contribution < -0.4 is 49.4 Å². The molecule has 48 valence electrons. The normalized spacial score (nSPS) is 5.33. The molecule has 9 heavy (non-hydrogen) atoms. The van der Waals surface area contributed by atoms with Crippen LogP contribution in [0.25, 0.3) is 0 Å². The number of hydrogen-bond acceptors (Lipinski definition) is 6. The Kier molecular flexibility index (Phi) is 19.1. The summed E-state index contributed by atoms with van der Waals surface area (Å²) >= 11 is 0. The third-order valence-corrected chi connectivity index (χ3v) is 0. The maximum absolute atomic E-state index is 8.52. The van der Waals surface area contributed by atoms with Crippen LogP contribution in [-0.4, -0.2) is 15.3 Å². The van der Waals surface area contributed by atoms with E-state index < -0.39 is 15.3 Å². The fourth-order valence-electron chi connectivity index (χ4n) is 0. The van der Waals surface area contributed by atoms with E-state index >= 15 is 0 Å². The largest absolute Gasteiger partial charge is 1.00 e. The molecule has 0 aromatic carbocycles. The zero-order valence-electron chi connectivity index (χ0n) is 4.45. The molecule has 0 radical (unpaired) electrons. The van der Waals surface area contributed by atoms with Crippen molar-refractivity contribution in [2.75, 3.05) is 0 Å². The van der Waals surface area contributed by atoms with Crippen molar-refractivity contribution in [1.82, 2.24) is 0 Å². The van der Waals surface area contributed by atoms with E-state index in [9.17, 15) is 0 Å². The van der Waals surface area contributed by atoms with Gasteiger partial charge >= 0.3 is 29.6 Å². The molecule has 0 rings (SSSR count). The van der Waals surface area contributed by atoms with E-state index in [2.05, 4.69) is 0 Å². The average Bonchev–Trinajstić information content (AvgIpc) is 1.25. The SMILES string of the molecule is O=C([O-])[O-].O=[Si]([O-])[O-].[Na+]. The van der Waals surface area contributed by atoms with Gasteiger partial charge in [0.15, 0.2) is 0 Å². The Bertz CT molecular complexity index is 71.1. The molecule has 0 N–H and O–H groups in total. The van der Waals surface area contributed by atoms with Gasteiger partial charge in [-0.2, -0.15) is 0 Å². The number of carbonyl (C=O) groups excluding carboxylic acids is 1. The first-order chi connectivity index (χ1) is 3.46. The van der Waals surface area contributed by atoms with Gasteiger partial charge in [0.2, 0.25) is 0 Å². The Labute approximate surface area is 73.9 Å². The molecule has 0 saturated heterocycles. The molecule has 0 bridgehead atoms. The van der Waals surface area contributed by atoms with Gasteiger partial charge in [0.05, 0.1) is 0 Å². The summed E-state index contributed by atoms with van der Waals surface area (Å²) in [5, 5.41) is 16.7. The van der Waals surface area contributed by atoms with Crippen LogP contribution in [0.1, 0.15) is 0 Å². The molecule has 0 aliphatic carbocycles. The molecule has 0 aliphatic heterocycles. The first-order valence-corrected chi connectivity index (χ1v) is 2.45. The molecule has 0 atom stereocenters. The first kappa shape index (κ1) is 16.0. The van der Waals surface area contributed by atoms with Gasteiger partial charge in [0.25, 0.3) is 0 Å². The zero-order chi connectivity index (χ0) is 7.15. The minimum absolute atomic E-state index is 0. The van der Waals surface area contributed by atoms with Gasteiger partial charge in [-0.3, -0.25) is 0 Å². The predicted octanol–water partition coefficient (Wildman–Crippen LogP) is -8.32. The van der Waals surface area contributed by atoms with Gasteiger partial charge in [-0.15, -0.1) is 0 Å². The summed E-state index contributed by atoms with van der Waals surface area (Å²) in [6, 6.07) is 0. The molecule has 0 aliphatic rings. The van der Waals surface area contributed by atoms with Crippen molar-refractivity contribution >= 4 is 15.3 Å². The van der Waals surface area contributed by atoms with Crippen molar-refractivity contribution in [3.63, 3.8) is 0 Å². The van der Waals surface area contributed by atoms with E-state index in [-0.39, 0.29) is 29.6 Å². The fraction of sp³-hybridized carbons (Fsp3) is 0. The minimum Gasteiger partial charge on any atom is -0.672 e. The maximum Gasteiger partial charge on any atom is 1.00 e. The van der Waals surface area contributed by atoms with Gasteiger partial charge in [0, 0.05) is 9.17 Å². The molecule has 0 unspecified atom stereocenters. The summed E-state index contributed by atoms with van der Waals surface area (Å²) in [6.45, 7) is 0. The molecule has 0 saturated carbocycles. The molecule has 0 amide bonds. The molecular weight excluding hydrogens is 159 g/mol. The van der Waals surface area contributed by atoms with Gasteiger partial charge in [-0.05, 0) is 6.16 Å². The molecule has 0 fully saturated rings. The number of hydrogen-bond donors (Lipinski definition) is 0. The first-order valence-electron chi connectivity index (χ1n) is 1.22. The quantitative estimate of drug-likeness (QED) is 0.323. The minimum atomic E-state index is -3.63. The van der Waals surface area contributed by atoms with Crippen molar-refractivity contribution in [2.24, 2.45) is 0 Å². The van der Waals surface area contributed by atoms with E-state index in [0.29, 0.717) is 0 Å². The molecule has 8 heteroatoms. The van der Waals surface area contributed by atoms with Crippen molar-refractivity contribution in [2.45, 2.75) is 0 Å². The van der Waals surface area contributed by atoms with Gasteiger partial charge in [-0.25, -0.2) is 0 Å². The molecule has 0 heterocycles. The topological polar surface area (TPSA) is 126 Å². The summed E-state index contributed by atoms with van der Waals surface area (Å²) in [4.78, 5) is 25.4. The van der Waals surface area contributed by atoms with Crippen LogP contribution in [0.5, 0.6) is 0 Å². The van der Waals surface area contributed by atoms with E-state index in [1.165, 1.54) is 0 Å². The van der Waals surface area contributed by atoms with Gasteiger partial charge in [-0.1, -0.05) is 0 Å². The summed E-state index contributed by atoms with van der Waals surface area (Å²) in [5.41, 5.74) is 0. The Morgan fingerprint density at radius 1 is 1.22 bits per heavy atom. The summed E-state index contributed by atoms with van der Waals surface area (Å²) in [6.07, 6.45) is -2.33. The van der Waals surface area contributed by atoms with Crippen LogP contribution in [0, 0.1) is 0 Å². The summed E-state index contributed by atoms with van der Waals surface area (Å²) < 4.78 is 8.52. The maximum atomic E-state index is 8.52. The number of carbonyl (C=O) groups is 1. The number of carboxylic acid groups (broad SMARTS) is 2. The van der Waals surface area contributed by atoms with Gasteiger partial charge < -0.3 is 29.1 Å². The van der Waals surface area contributed by atoms with Crippen LogP contribution in [0.15, 0.2) is 0 Å². The van der Waals surface area contributed by atoms with E-state index in [0.717, 1.165) is 0 Å². The average molecular weight is 159 g/mol. The Morgan fingerprint density at radius 3 is 1.22 bits per heavy atom. The van der Waals surface area contributed by atoms with E-state index in [4.69, 9.17) is 29.1 Å². The second-order valence-corrected chi connectivity index (χ2v) is 1.00. The second-order valence-electron chi connectivity index (χ2n) is 0.500. The third-order valence-electron chi connectivity index (χ3n) is 0. The standard InChI is InChI=1S/CH2O3.Na.O3Si/c2-1(3)4;;1-4(2)3/h(H2,2,3,4);;/q;+1;-2/p-2. The van der Waals surface area contributed by atoms with Crippen LogP contribution in [0.3, 0.4) is 0 Å². The van der Waals surface area contributed by atoms with Crippen molar-refractivity contribution in [3.05, 3.63) is 0 Å². The second kappa shape index (κ2) is 10.8. The summed E-state index contributed by atoms with van der Waals surface area (Å²) in [7, 11) is -3.63. The molecular formula is CNaO6Si-3. The molecule has 0 spiro atoms. The Hall–Kier alpha value is -0.113. The van der Waals surface area contributed by atoms with Crippen molar-refractivity contribution in [1.29, 1.82) is 0 Å². The zero-order valence-corrected chi connectivity index (χ0v) is 7.45. The fourth-order valence-corrected chi connectivity index (χ4v) is 0.